The van der Waals surface area contributed by atoms with E-state index in [0.717, 1.165) is 0 Å². The highest BCUT2D eigenvalue weighted by Crippen LogP contribution is 2.22. The average Bonchev–Trinajstić information content (AvgIpc) is 2.23. The van der Waals surface area contributed by atoms with E-state index in [1.165, 1.54) is 21.9 Å². The van der Waals surface area contributed by atoms with Crippen molar-refractivity contribution in [2.45, 2.75) is 13.3 Å². The summed E-state index contributed by atoms with van der Waals surface area (Å²) in [7, 11) is 0. The number of rotatable bonds is 1. The summed E-state index contributed by atoms with van der Waals surface area (Å²) in [5.41, 5.74) is 2.55. The van der Waals surface area contributed by atoms with Crippen molar-refractivity contribution in [2.75, 3.05) is 0 Å². The predicted molar refractivity (Wildman–Crippen MR) is 61.2 cm³/mol. The van der Waals surface area contributed by atoms with Gasteiger partial charge in [0.2, 0.25) is 0 Å². The van der Waals surface area contributed by atoms with E-state index >= 15 is 0 Å². The second-order valence-corrected chi connectivity index (χ2v) is 3.47. The van der Waals surface area contributed by atoms with Crippen molar-refractivity contribution in [1.82, 2.24) is 0 Å². The molecule has 0 aliphatic heterocycles. The molecule has 0 fully saturated rings. The van der Waals surface area contributed by atoms with Crippen molar-refractivity contribution in [3.05, 3.63) is 47.5 Å². The van der Waals surface area contributed by atoms with Crippen LogP contribution in [0.2, 0.25) is 0 Å². The zero-order valence-electron chi connectivity index (χ0n) is 8.25. The molecule has 0 saturated heterocycles. The van der Waals surface area contributed by atoms with Crippen LogP contribution in [0.1, 0.15) is 11.1 Å². The van der Waals surface area contributed by atoms with E-state index in [4.69, 9.17) is 6.42 Å². The molecular formula is C14H12. The van der Waals surface area contributed by atoms with Crippen LogP contribution < -0.4 is 0 Å². The summed E-state index contributed by atoms with van der Waals surface area (Å²) in [6, 6.07) is 12.7. The lowest BCUT2D eigenvalue weighted by Gasteiger charge is -2.05. The van der Waals surface area contributed by atoms with Crippen LogP contribution in [0.5, 0.6) is 0 Å². The summed E-state index contributed by atoms with van der Waals surface area (Å²) in [6.45, 7) is 2.13. The Bertz CT molecular complexity index is 501. The second kappa shape index (κ2) is 3.55. The first-order chi connectivity index (χ1) is 6.83. The Morgan fingerprint density at radius 3 is 2.50 bits per heavy atom. The number of hydrogen-bond acceptors (Lipinski definition) is 0. The molecule has 0 nitrogen and oxygen atoms in total. The minimum absolute atomic E-state index is 0.709. The van der Waals surface area contributed by atoms with Crippen LogP contribution in [0.4, 0.5) is 0 Å². The van der Waals surface area contributed by atoms with Crippen LogP contribution in [0.25, 0.3) is 10.8 Å². The summed E-state index contributed by atoms with van der Waals surface area (Å²) in [6.07, 6.45) is 6.05. The first kappa shape index (κ1) is 8.84. The fourth-order valence-corrected chi connectivity index (χ4v) is 1.78. The molecule has 0 aromatic heterocycles. The van der Waals surface area contributed by atoms with Crippen LogP contribution >= 0.6 is 0 Å². The molecule has 0 aliphatic carbocycles. The summed E-state index contributed by atoms with van der Waals surface area (Å²) in [5, 5.41) is 2.59. The van der Waals surface area contributed by atoms with Gasteiger partial charge in [0.05, 0.1) is 0 Å². The SMILES string of the molecule is C#CCc1ccc(C)c2ccccc12. The third-order valence-corrected chi connectivity index (χ3v) is 2.52. The van der Waals surface area contributed by atoms with Crippen molar-refractivity contribution in [1.29, 1.82) is 0 Å². The summed E-state index contributed by atoms with van der Waals surface area (Å²) >= 11 is 0. The van der Waals surface area contributed by atoms with Crippen LogP contribution in [-0.2, 0) is 6.42 Å². The van der Waals surface area contributed by atoms with Crippen molar-refractivity contribution < 1.29 is 0 Å². The Kier molecular flexibility index (Phi) is 2.24. The van der Waals surface area contributed by atoms with Gasteiger partial charge in [0.15, 0.2) is 0 Å². The van der Waals surface area contributed by atoms with E-state index in [9.17, 15) is 0 Å². The summed E-state index contributed by atoms with van der Waals surface area (Å²) in [5.74, 6) is 2.70. The Morgan fingerprint density at radius 1 is 1.07 bits per heavy atom. The molecule has 14 heavy (non-hydrogen) atoms. The number of fused-ring (bicyclic) bond motifs is 1. The third kappa shape index (κ3) is 1.38. The molecule has 0 amide bonds. The van der Waals surface area contributed by atoms with Crippen LogP contribution in [0.15, 0.2) is 36.4 Å². The van der Waals surface area contributed by atoms with Crippen molar-refractivity contribution in [2.24, 2.45) is 0 Å². The Hall–Kier alpha value is -1.74. The molecule has 0 aliphatic rings. The van der Waals surface area contributed by atoms with Crippen LogP contribution in [0, 0.1) is 19.3 Å². The predicted octanol–water partition coefficient (Wildman–Crippen LogP) is 3.32. The lowest BCUT2D eigenvalue weighted by Crippen LogP contribution is -1.86. The number of benzene rings is 2. The van der Waals surface area contributed by atoms with E-state index in [2.05, 4.69) is 49.2 Å². The van der Waals surface area contributed by atoms with E-state index < -0.39 is 0 Å². The average molecular weight is 180 g/mol. The molecule has 0 bridgehead atoms. The van der Waals surface area contributed by atoms with Crippen molar-refractivity contribution >= 4 is 10.8 Å². The first-order valence-corrected chi connectivity index (χ1v) is 4.73. The number of aryl methyl sites for hydroxylation is 1. The van der Waals surface area contributed by atoms with Gasteiger partial charge in [0.25, 0.3) is 0 Å². The quantitative estimate of drug-likeness (QED) is 0.590. The number of terminal acetylenes is 1. The van der Waals surface area contributed by atoms with Crippen LogP contribution in [-0.4, -0.2) is 0 Å². The summed E-state index contributed by atoms with van der Waals surface area (Å²) in [4.78, 5) is 0. The van der Waals surface area contributed by atoms with Gasteiger partial charge < -0.3 is 0 Å². The molecule has 0 atom stereocenters. The molecule has 0 unspecified atom stereocenters. The lowest BCUT2D eigenvalue weighted by atomic mass is 9.99. The molecule has 0 saturated carbocycles. The van der Waals surface area contributed by atoms with Gasteiger partial charge in [-0.25, -0.2) is 0 Å². The largest absolute Gasteiger partial charge is 0.120 e. The number of hydrogen-bond donors (Lipinski definition) is 0. The molecule has 0 radical (unpaired) electrons. The smallest absolute Gasteiger partial charge is 0.0343 e. The molecular weight excluding hydrogens is 168 g/mol. The van der Waals surface area contributed by atoms with E-state index in [0.29, 0.717) is 6.42 Å². The normalized spacial score (nSPS) is 10.0. The van der Waals surface area contributed by atoms with E-state index in [1.807, 2.05) is 0 Å². The summed E-state index contributed by atoms with van der Waals surface area (Å²) < 4.78 is 0. The van der Waals surface area contributed by atoms with Gasteiger partial charge in [-0.15, -0.1) is 12.3 Å². The van der Waals surface area contributed by atoms with Gasteiger partial charge in [-0.3, -0.25) is 0 Å². The fraction of sp³-hybridized carbons (Fsp3) is 0.143. The standard InChI is InChI=1S/C14H12/c1-3-6-12-10-9-11(2)13-7-4-5-8-14(12)13/h1,4-5,7-10H,6H2,2H3. The minimum Gasteiger partial charge on any atom is -0.120 e. The fourth-order valence-electron chi connectivity index (χ4n) is 1.78. The van der Waals surface area contributed by atoms with Gasteiger partial charge >= 0.3 is 0 Å². The van der Waals surface area contributed by atoms with Gasteiger partial charge in [-0.05, 0) is 28.8 Å². The topological polar surface area (TPSA) is 0 Å². The maximum atomic E-state index is 5.34. The van der Waals surface area contributed by atoms with Gasteiger partial charge in [-0.1, -0.05) is 36.4 Å². The van der Waals surface area contributed by atoms with Crippen molar-refractivity contribution in [3.63, 3.8) is 0 Å². The molecule has 68 valence electrons. The zero-order chi connectivity index (χ0) is 9.97. The zero-order valence-corrected chi connectivity index (χ0v) is 8.25. The molecule has 2 rings (SSSR count). The molecule has 0 heteroatoms. The Balaban J connectivity index is 2.76. The lowest BCUT2D eigenvalue weighted by molar-refractivity contribution is 1.34. The Morgan fingerprint density at radius 2 is 1.79 bits per heavy atom. The Labute approximate surface area is 84.6 Å². The van der Waals surface area contributed by atoms with Gasteiger partial charge in [0, 0.05) is 6.42 Å². The van der Waals surface area contributed by atoms with Crippen LogP contribution in [0.3, 0.4) is 0 Å². The molecule has 2 aromatic carbocycles. The third-order valence-electron chi connectivity index (χ3n) is 2.52. The maximum absolute atomic E-state index is 5.34. The highest BCUT2D eigenvalue weighted by Gasteiger charge is 2.00. The minimum atomic E-state index is 0.709. The van der Waals surface area contributed by atoms with E-state index in [1.54, 1.807) is 0 Å². The highest BCUT2D eigenvalue weighted by atomic mass is 14.0. The first-order valence-electron chi connectivity index (χ1n) is 4.73. The highest BCUT2D eigenvalue weighted by molar-refractivity contribution is 5.88. The molecule has 0 spiro atoms. The second-order valence-electron chi connectivity index (χ2n) is 3.47. The van der Waals surface area contributed by atoms with Crippen molar-refractivity contribution in [3.8, 4) is 12.3 Å². The monoisotopic (exact) mass is 180 g/mol. The molecule has 2 aromatic rings. The van der Waals surface area contributed by atoms with Gasteiger partial charge in [0.1, 0.15) is 0 Å². The molecule has 0 heterocycles. The van der Waals surface area contributed by atoms with Gasteiger partial charge in [-0.2, -0.15) is 0 Å². The maximum Gasteiger partial charge on any atom is 0.0343 e. The molecule has 0 N–H and O–H groups in total. The van der Waals surface area contributed by atoms with E-state index in [-0.39, 0.29) is 0 Å².